The Morgan fingerprint density at radius 3 is 2.31 bits per heavy atom. The highest BCUT2D eigenvalue weighted by Crippen LogP contribution is 2.68. The minimum atomic E-state index is -0.235. The van der Waals surface area contributed by atoms with E-state index in [1.54, 1.807) is 0 Å². The molecule has 9 atom stereocenters. The van der Waals surface area contributed by atoms with E-state index in [1.807, 2.05) is 0 Å². The summed E-state index contributed by atoms with van der Waals surface area (Å²) < 4.78 is 11.6. The number of fused-ring (bicyclic) bond motifs is 5. The maximum Gasteiger partial charge on any atom is 0.303 e. The normalized spacial score (nSPS) is 41.3. The Bertz CT molecular complexity index is 830. The molecule has 198 valence electrons. The van der Waals surface area contributed by atoms with Crippen LogP contribution in [0.2, 0.25) is 0 Å². The average molecular weight is 487 g/mol. The molecule has 0 aromatic rings. The van der Waals surface area contributed by atoms with Gasteiger partial charge in [0.1, 0.15) is 12.2 Å². The molecule has 4 heteroatoms. The highest BCUT2D eigenvalue weighted by atomic mass is 16.5. The van der Waals surface area contributed by atoms with Crippen molar-refractivity contribution in [1.29, 1.82) is 0 Å². The van der Waals surface area contributed by atoms with Gasteiger partial charge < -0.3 is 9.47 Å². The molecule has 0 bridgehead atoms. The molecule has 0 spiro atoms. The molecule has 0 aromatic carbocycles. The SMILES string of the molecule is CC(=O)O[C@H]1C[C@H]2[C@@H]3CC[C@H]([C@@H](C)CCCC(C)C)[C@@]3(C)CC[C@@H]2[C@@]2(C)CC[C@@H](OC(C)=O)C=C12. The van der Waals surface area contributed by atoms with Crippen LogP contribution in [0.3, 0.4) is 0 Å². The van der Waals surface area contributed by atoms with E-state index in [2.05, 4.69) is 40.7 Å². The summed E-state index contributed by atoms with van der Waals surface area (Å²) in [7, 11) is 0. The quantitative estimate of drug-likeness (QED) is 0.276. The Morgan fingerprint density at radius 1 is 0.943 bits per heavy atom. The number of rotatable bonds is 7. The predicted octanol–water partition coefficient (Wildman–Crippen LogP) is 7.50. The van der Waals surface area contributed by atoms with Crippen LogP contribution in [0, 0.1) is 46.3 Å². The van der Waals surface area contributed by atoms with Crippen LogP contribution in [0.25, 0.3) is 0 Å². The molecule has 4 aliphatic rings. The second-order valence-corrected chi connectivity index (χ2v) is 13.5. The van der Waals surface area contributed by atoms with Crippen LogP contribution < -0.4 is 0 Å². The first-order valence-corrected chi connectivity index (χ1v) is 14.5. The molecular weight excluding hydrogens is 436 g/mol. The van der Waals surface area contributed by atoms with Crippen LogP contribution >= 0.6 is 0 Å². The summed E-state index contributed by atoms with van der Waals surface area (Å²) in [5.41, 5.74) is 1.67. The van der Waals surface area contributed by atoms with Gasteiger partial charge >= 0.3 is 11.9 Å². The summed E-state index contributed by atoms with van der Waals surface area (Å²) in [5, 5.41) is 0. The number of carbonyl (C=O) groups is 2. The molecule has 35 heavy (non-hydrogen) atoms. The Hall–Kier alpha value is -1.32. The van der Waals surface area contributed by atoms with Crippen LogP contribution in [-0.2, 0) is 19.1 Å². The first-order chi connectivity index (χ1) is 16.5. The Morgan fingerprint density at radius 2 is 1.66 bits per heavy atom. The summed E-state index contributed by atoms with van der Waals surface area (Å²) >= 11 is 0. The van der Waals surface area contributed by atoms with Gasteiger partial charge in [0.15, 0.2) is 0 Å². The summed E-state index contributed by atoms with van der Waals surface area (Å²) in [6.45, 7) is 15.2. The molecule has 0 saturated heterocycles. The number of hydrogen-bond donors (Lipinski definition) is 0. The van der Waals surface area contributed by atoms with Crippen molar-refractivity contribution in [3.05, 3.63) is 11.6 Å². The van der Waals surface area contributed by atoms with Gasteiger partial charge in [0.2, 0.25) is 0 Å². The van der Waals surface area contributed by atoms with Gasteiger partial charge in [-0.05, 0) is 103 Å². The maximum absolute atomic E-state index is 12.2. The van der Waals surface area contributed by atoms with Crippen molar-refractivity contribution < 1.29 is 19.1 Å². The van der Waals surface area contributed by atoms with Gasteiger partial charge in [-0.25, -0.2) is 0 Å². The summed E-state index contributed by atoms with van der Waals surface area (Å²) in [6.07, 6.45) is 13.9. The summed E-state index contributed by atoms with van der Waals surface area (Å²) in [5.74, 6) is 3.93. The third-order valence-corrected chi connectivity index (χ3v) is 10.9. The molecule has 0 radical (unpaired) electrons. The Balaban J connectivity index is 1.58. The Labute approximate surface area is 214 Å². The standard InChI is InChI=1S/C31H50O4/c1-19(2)9-8-10-20(3)25-11-12-26-24-18-29(35-22(5)33)28-17-23(34-21(4)32)13-15-31(28,7)27(24)14-16-30(25,26)6/h17,19-20,23-27,29H,8-16,18H2,1-7H3/t20-,23+,24-,25+,26-,27-,29-,30+,31+/m0/s1. The van der Waals surface area contributed by atoms with Crippen LogP contribution in [0.15, 0.2) is 11.6 Å². The van der Waals surface area contributed by atoms with Crippen LogP contribution in [-0.4, -0.2) is 24.1 Å². The van der Waals surface area contributed by atoms with Crippen molar-refractivity contribution in [2.45, 2.75) is 125 Å². The fourth-order valence-corrected chi connectivity index (χ4v) is 9.36. The third kappa shape index (κ3) is 5.10. The van der Waals surface area contributed by atoms with E-state index in [1.165, 1.54) is 64.4 Å². The first-order valence-electron chi connectivity index (χ1n) is 14.5. The molecule has 0 N–H and O–H groups in total. The molecule has 4 rings (SSSR count). The number of carbonyl (C=O) groups excluding carboxylic acids is 2. The minimum Gasteiger partial charge on any atom is -0.458 e. The molecule has 0 amide bonds. The lowest BCUT2D eigenvalue weighted by molar-refractivity contribution is -0.155. The molecule has 4 nitrogen and oxygen atoms in total. The fraction of sp³-hybridized carbons (Fsp3) is 0.871. The van der Waals surface area contributed by atoms with Crippen LogP contribution in [0.1, 0.15) is 113 Å². The average Bonchev–Trinajstić information content (AvgIpc) is 3.11. The predicted molar refractivity (Wildman–Crippen MR) is 140 cm³/mol. The molecule has 0 heterocycles. The molecule has 0 aromatic heterocycles. The summed E-state index contributed by atoms with van der Waals surface area (Å²) in [6, 6.07) is 0. The van der Waals surface area contributed by atoms with Crippen molar-refractivity contribution in [2.75, 3.05) is 0 Å². The van der Waals surface area contributed by atoms with Crippen molar-refractivity contribution in [3.8, 4) is 0 Å². The van der Waals surface area contributed by atoms with Crippen molar-refractivity contribution in [3.63, 3.8) is 0 Å². The van der Waals surface area contributed by atoms with E-state index in [4.69, 9.17) is 9.47 Å². The van der Waals surface area contributed by atoms with Crippen molar-refractivity contribution in [2.24, 2.45) is 46.3 Å². The lowest BCUT2D eigenvalue weighted by Crippen LogP contribution is -2.55. The highest BCUT2D eigenvalue weighted by molar-refractivity contribution is 5.67. The molecule has 3 saturated carbocycles. The monoisotopic (exact) mass is 486 g/mol. The van der Waals surface area contributed by atoms with Crippen molar-refractivity contribution in [1.82, 2.24) is 0 Å². The smallest absolute Gasteiger partial charge is 0.303 e. The van der Waals surface area contributed by atoms with E-state index >= 15 is 0 Å². The zero-order valence-corrected chi connectivity index (χ0v) is 23.4. The highest BCUT2D eigenvalue weighted by Gasteiger charge is 2.61. The largest absolute Gasteiger partial charge is 0.458 e. The molecule has 0 unspecified atom stereocenters. The van der Waals surface area contributed by atoms with E-state index < -0.39 is 0 Å². The second kappa shape index (κ2) is 10.2. The van der Waals surface area contributed by atoms with Crippen LogP contribution in [0.5, 0.6) is 0 Å². The van der Waals surface area contributed by atoms with Crippen molar-refractivity contribution >= 4 is 11.9 Å². The van der Waals surface area contributed by atoms with Gasteiger partial charge in [-0.3, -0.25) is 9.59 Å². The van der Waals surface area contributed by atoms with E-state index in [9.17, 15) is 9.59 Å². The van der Waals surface area contributed by atoms with Gasteiger partial charge in [0.05, 0.1) is 0 Å². The fourth-order valence-electron chi connectivity index (χ4n) is 9.36. The maximum atomic E-state index is 12.2. The van der Waals surface area contributed by atoms with Gasteiger partial charge in [-0.15, -0.1) is 0 Å². The third-order valence-electron chi connectivity index (χ3n) is 10.9. The molecular formula is C31H50O4. The first kappa shape index (κ1) is 26.7. The van der Waals surface area contributed by atoms with Gasteiger partial charge in [0.25, 0.3) is 0 Å². The van der Waals surface area contributed by atoms with Gasteiger partial charge in [-0.2, -0.15) is 0 Å². The molecule has 0 aliphatic heterocycles. The minimum absolute atomic E-state index is 0.0297. The second-order valence-electron chi connectivity index (χ2n) is 13.5. The zero-order chi connectivity index (χ0) is 25.5. The number of ether oxygens (including phenoxy) is 2. The van der Waals surface area contributed by atoms with E-state index in [0.29, 0.717) is 17.3 Å². The number of hydrogen-bond acceptors (Lipinski definition) is 4. The topological polar surface area (TPSA) is 52.6 Å². The van der Waals surface area contributed by atoms with Crippen LogP contribution in [0.4, 0.5) is 0 Å². The Kier molecular flexibility index (Phi) is 7.80. The molecule has 3 fully saturated rings. The van der Waals surface area contributed by atoms with Gasteiger partial charge in [-0.1, -0.05) is 53.9 Å². The van der Waals surface area contributed by atoms with E-state index in [-0.39, 0.29) is 29.6 Å². The van der Waals surface area contributed by atoms with Gasteiger partial charge in [0, 0.05) is 13.8 Å². The lowest BCUT2D eigenvalue weighted by Gasteiger charge is -2.60. The zero-order valence-electron chi connectivity index (χ0n) is 23.4. The number of esters is 2. The lowest BCUT2D eigenvalue weighted by atomic mass is 9.46. The van der Waals surface area contributed by atoms with E-state index in [0.717, 1.165) is 42.9 Å². The molecule has 4 aliphatic carbocycles. The summed E-state index contributed by atoms with van der Waals surface area (Å²) in [4.78, 5) is 23.8.